The Hall–Kier alpha value is -1.39. The van der Waals surface area contributed by atoms with Crippen LogP contribution in [-0.4, -0.2) is 35.2 Å². The molecule has 5 heteroatoms. The second-order valence-electron chi connectivity index (χ2n) is 3.62. The van der Waals surface area contributed by atoms with Gasteiger partial charge < -0.3 is 5.32 Å². The maximum absolute atomic E-state index is 11.5. The van der Waals surface area contributed by atoms with E-state index < -0.39 is 6.04 Å². The van der Waals surface area contributed by atoms with Gasteiger partial charge in [0.05, 0.1) is 0 Å². The van der Waals surface area contributed by atoms with Gasteiger partial charge in [-0.05, 0) is 13.3 Å². The van der Waals surface area contributed by atoms with Gasteiger partial charge in [0.1, 0.15) is 6.04 Å². The van der Waals surface area contributed by atoms with Crippen LogP contribution >= 0.6 is 0 Å². The van der Waals surface area contributed by atoms with Crippen molar-refractivity contribution in [2.24, 2.45) is 0 Å². The van der Waals surface area contributed by atoms with Crippen molar-refractivity contribution in [3.63, 3.8) is 0 Å². The van der Waals surface area contributed by atoms with Crippen LogP contribution in [0.4, 0.5) is 0 Å². The predicted molar refractivity (Wildman–Crippen MR) is 53.8 cm³/mol. The molecule has 1 fully saturated rings. The van der Waals surface area contributed by atoms with Crippen LogP contribution in [0.2, 0.25) is 0 Å². The van der Waals surface area contributed by atoms with Crippen molar-refractivity contribution in [2.45, 2.75) is 39.2 Å². The molecule has 15 heavy (non-hydrogen) atoms. The molecule has 0 spiro atoms. The summed E-state index contributed by atoms with van der Waals surface area (Å²) in [5, 5.41) is 2.67. The first-order valence-electron chi connectivity index (χ1n) is 5.20. The summed E-state index contributed by atoms with van der Waals surface area (Å²) in [4.78, 5) is 35.2. The molecule has 0 aliphatic carbocycles. The molecule has 1 rings (SSSR count). The molecule has 1 saturated heterocycles. The summed E-state index contributed by atoms with van der Waals surface area (Å²) in [6.45, 7) is 4.09. The van der Waals surface area contributed by atoms with E-state index in [0.29, 0.717) is 6.54 Å². The minimum Gasteiger partial charge on any atom is -0.354 e. The summed E-state index contributed by atoms with van der Waals surface area (Å²) < 4.78 is 0. The van der Waals surface area contributed by atoms with Crippen LogP contribution in [0.5, 0.6) is 0 Å². The summed E-state index contributed by atoms with van der Waals surface area (Å²) in [6.07, 6.45) is 1.29. The van der Waals surface area contributed by atoms with Gasteiger partial charge in [-0.3, -0.25) is 19.3 Å². The van der Waals surface area contributed by atoms with Gasteiger partial charge in [0.15, 0.2) is 0 Å². The van der Waals surface area contributed by atoms with Gasteiger partial charge in [-0.25, -0.2) is 0 Å². The first-order valence-corrected chi connectivity index (χ1v) is 5.20. The molecule has 0 bridgehead atoms. The zero-order valence-corrected chi connectivity index (χ0v) is 9.08. The number of amides is 3. The first-order chi connectivity index (χ1) is 7.07. The van der Waals surface area contributed by atoms with Gasteiger partial charge in [0.2, 0.25) is 17.7 Å². The highest BCUT2D eigenvalue weighted by Crippen LogP contribution is 2.15. The van der Waals surface area contributed by atoms with E-state index in [4.69, 9.17) is 0 Å². The lowest BCUT2D eigenvalue weighted by molar-refractivity contribution is -0.146. The van der Waals surface area contributed by atoms with E-state index in [2.05, 4.69) is 5.32 Å². The third kappa shape index (κ3) is 2.55. The number of hydrogen-bond donors (Lipinski definition) is 1. The van der Waals surface area contributed by atoms with Gasteiger partial charge in [0.25, 0.3) is 0 Å². The maximum Gasteiger partial charge on any atom is 0.243 e. The minimum absolute atomic E-state index is 0.226. The highest BCUT2D eigenvalue weighted by molar-refractivity contribution is 6.05. The molecule has 3 amide bonds. The Morgan fingerprint density at radius 3 is 2.40 bits per heavy atom. The van der Waals surface area contributed by atoms with Gasteiger partial charge in [-0.15, -0.1) is 0 Å². The molecule has 0 radical (unpaired) electrons. The van der Waals surface area contributed by atoms with Gasteiger partial charge >= 0.3 is 0 Å². The van der Waals surface area contributed by atoms with Crippen LogP contribution in [0.3, 0.4) is 0 Å². The van der Waals surface area contributed by atoms with Crippen molar-refractivity contribution in [2.75, 3.05) is 6.54 Å². The maximum atomic E-state index is 11.5. The third-order valence-corrected chi connectivity index (χ3v) is 2.41. The molecular formula is C10H16N2O3. The molecule has 0 aromatic rings. The molecule has 1 aliphatic rings. The minimum atomic E-state index is -0.681. The molecule has 1 atom stereocenters. The second kappa shape index (κ2) is 4.91. The lowest BCUT2D eigenvalue weighted by Gasteiger charge is -2.21. The summed E-state index contributed by atoms with van der Waals surface area (Å²) in [7, 11) is 0. The number of hydrogen-bond acceptors (Lipinski definition) is 3. The van der Waals surface area contributed by atoms with E-state index in [-0.39, 0.29) is 30.6 Å². The van der Waals surface area contributed by atoms with Gasteiger partial charge in [-0.2, -0.15) is 0 Å². The van der Waals surface area contributed by atoms with Gasteiger partial charge in [0, 0.05) is 19.4 Å². The number of imide groups is 1. The molecule has 0 aromatic heterocycles. The Kier molecular flexibility index (Phi) is 3.82. The Morgan fingerprint density at radius 1 is 1.40 bits per heavy atom. The van der Waals surface area contributed by atoms with Crippen LogP contribution < -0.4 is 5.32 Å². The topological polar surface area (TPSA) is 66.5 Å². The van der Waals surface area contributed by atoms with E-state index in [9.17, 15) is 14.4 Å². The number of carbonyl (C=O) groups is 3. The van der Waals surface area contributed by atoms with Crippen LogP contribution in [0.1, 0.15) is 33.1 Å². The number of likely N-dealkylation sites (tertiary alicyclic amines) is 1. The molecule has 1 heterocycles. The fourth-order valence-electron chi connectivity index (χ4n) is 1.54. The van der Waals surface area contributed by atoms with E-state index in [1.165, 1.54) is 0 Å². The Morgan fingerprint density at radius 2 is 1.93 bits per heavy atom. The molecule has 5 nitrogen and oxygen atoms in total. The number of rotatable bonds is 4. The summed E-state index contributed by atoms with van der Waals surface area (Å²) in [5.41, 5.74) is 0. The van der Waals surface area contributed by atoms with Crippen molar-refractivity contribution in [1.29, 1.82) is 0 Å². The van der Waals surface area contributed by atoms with Crippen molar-refractivity contribution < 1.29 is 14.4 Å². The zero-order chi connectivity index (χ0) is 11.4. The van der Waals surface area contributed by atoms with Crippen molar-refractivity contribution >= 4 is 17.7 Å². The average molecular weight is 212 g/mol. The first kappa shape index (κ1) is 11.7. The number of nitrogens with one attached hydrogen (secondary N) is 1. The zero-order valence-electron chi connectivity index (χ0n) is 9.08. The molecule has 84 valence electrons. The Labute approximate surface area is 88.8 Å². The smallest absolute Gasteiger partial charge is 0.243 e. The third-order valence-electron chi connectivity index (χ3n) is 2.41. The van der Waals surface area contributed by atoms with E-state index >= 15 is 0 Å². The molecule has 0 unspecified atom stereocenters. The Bertz CT molecular complexity index is 272. The van der Waals surface area contributed by atoms with Crippen molar-refractivity contribution in [3.05, 3.63) is 0 Å². The van der Waals surface area contributed by atoms with E-state index in [1.54, 1.807) is 6.92 Å². The summed E-state index contributed by atoms with van der Waals surface area (Å²) >= 11 is 0. The lowest BCUT2D eigenvalue weighted by Crippen LogP contribution is -2.47. The number of nitrogens with zero attached hydrogens (tertiary/aromatic N) is 1. The highest BCUT2D eigenvalue weighted by atomic mass is 16.2. The summed E-state index contributed by atoms with van der Waals surface area (Å²) in [5.74, 6) is -0.765. The second-order valence-corrected chi connectivity index (χ2v) is 3.62. The standard InChI is InChI=1S/C10H16N2O3/c1-3-6-11-10(15)7(2)12-8(13)4-5-9(12)14/h7H,3-6H2,1-2H3,(H,11,15)/t7-/m0/s1. The lowest BCUT2D eigenvalue weighted by atomic mass is 10.2. The predicted octanol–water partition coefficient (Wildman–Crippen LogP) is 0.0501. The number of carbonyl (C=O) groups excluding carboxylic acids is 3. The average Bonchev–Trinajstić information content (AvgIpc) is 2.54. The fourth-order valence-corrected chi connectivity index (χ4v) is 1.54. The highest BCUT2D eigenvalue weighted by Gasteiger charge is 2.35. The summed E-state index contributed by atoms with van der Waals surface area (Å²) in [6, 6.07) is -0.681. The van der Waals surface area contributed by atoms with Crippen molar-refractivity contribution in [1.82, 2.24) is 10.2 Å². The van der Waals surface area contributed by atoms with Crippen LogP contribution in [0.25, 0.3) is 0 Å². The van der Waals surface area contributed by atoms with E-state index in [0.717, 1.165) is 11.3 Å². The van der Waals surface area contributed by atoms with Crippen LogP contribution in [-0.2, 0) is 14.4 Å². The fraction of sp³-hybridized carbons (Fsp3) is 0.700. The molecule has 0 aromatic carbocycles. The molecule has 1 aliphatic heterocycles. The van der Waals surface area contributed by atoms with Crippen LogP contribution in [0.15, 0.2) is 0 Å². The SMILES string of the molecule is CCCNC(=O)[C@H](C)N1C(=O)CCC1=O. The molecular weight excluding hydrogens is 196 g/mol. The largest absolute Gasteiger partial charge is 0.354 e. The molecule has 1 N–H and O–H groups in total. The molecule has 0 saturated carbocycles. The normalized spacial score (nSPS) is 18.1. The van der Waals surface area contributed by atoms with E-state index in [1.807, 2.05) is 6.92 Å². The quantitative estimate of drug-likeness (QED) is 0.669. The van der Waals surface area contributed by atoms with Crippen LogP contribution in [0, 0.1) is 0 Å². The monoisotopic (exact) mass is 212 g/mol. The Balaban J connectivity index is 2.58. The van der Waals surface area contributed by atoms with Gasteiger partial charge in [-0.1, -0.05) is 6.92 Å². The van der Waals surface area contributed by atoms with Crippen molar-refractivity contribution in [3.8, 4) is 0 Å².